The molecule has 0 unspecified atom stereocenters. The summed E-state index contributed by atoms with van der Waals surface area (Å²) in [7, 11) is 0. The smallest absolute Gasteiger partial charge is 0.150 e. The van der Waals surface area contributed by atoms with Crippen LogP contribution in [-0.2, 0) is 6.54 Å². The lowest BCUT2D eigenvalue weighted by Crippen LogP contribution is -2.19. The lowest BCUT2D eigenvalue weighted by molar-refractivity contribution is 0.540. The Morgan fingerprint density at radius 1 is 1.26 bits per heavy atom. The molecule has 2 rings (SSSR count). The van der Waals surface area contributed by atoms with Gasteiger partial charge in [-0.15, -0.1) is 0 Å². The highest BCUT2D eigenvalue weighted by atomic mass is 19.1. The van der Waals surface area contributed by atoms with E-state index >= 15 is 0 Å². The fourth-order valence-corrected chi connectivity index (χ4v) is 1.86. The van der Waals surface area contributed by atoms with Gasteiger partial charge in [-0.2, -0.15) is 0 Å². The first kappa shape index (κ1) is 13.7. The van der Waals surface area contributed by atoms with Gasteiger partial charge in [-0.3, -0.25) is 0 Å². The van der Waals surface area contributed by atoms with Gasteiger partial charge in [0.1, 0.15) is 5.69 Å². The molecule has 0 saturated carbocycles. The molecule has 0 bridgehead atoms. The highest BCUT2D eigenvalue weighted by Crippen LogP contribution is 2.19. The number of hydrogen-bond acceptors (Lipinski definition) is 2. The fraction of sp³-hybridized carbons (Fsp3) is 0.357. The van der Waals surface area contributed by atoms with Crippen LogP contribution in [0.25, 0.3) is 5.69 Å². The topological polar surface area (TPSA) is 29.9 Å². The normalized spacial score (nSPS) is 11.2. The van der Waals surface area contributed by atoms with Crippen molar-refractivity contribution >= 4 is 0 Å². The number of hydrogen-bond donors (Lipinski definition) is 1. The molecule has 2 aromatic rings. The molecule has 0 amide bonds. The summed E-state index contributed by atoms with van der Waals surface area (Å²) in [5, 5.41) is 3.16. The molecule has 3 nitrogen and oxygen atoms in total. The first-order valence-corrected chi connectivity index (χ1v) is 6.25. The lowest BCUT2D eigenvalue weighted by atomic mass is 10.1. The van der Waals surface area contributed by atoms with Gasteiger partial charge in [0, 0.05) is 18.9 Å². The van der Waals surface area contributed by atoms with Crippen LogP contribution < -0.4 is 5.32 Å². The van der Waals surface area contributed by atoms with Gasteiger partial charge in [-0.25, -0.2) is 13.8 Å². The van der Waals surface area contributed by atoms with Crippen LogP contribution in [0.3, 0.4) is 0 Å². The zero-order valence-electron chi connectivity index (χ0n) is 11.0. The molecular weight excluding hydrogens is 248 g/mol. The van der Waals surface area contributed by atoms with Crippen molar-refractivity contribution in [1.82, 2.24) is 14.9 Å². The van der Waals surface area contributed by atoms with Gasteiger partial charge in [-0.1, -0.05) is 13.8 Å². The molecule has 0 aliphatic rings. The maximum absolute atomic E-state index is 13.9. The van der Waals surface area contributed by atoms with Crippen LogP contribution in [0.15, 0.2) is 30.9 Å². The maximum Gasteiger partial charge on any atom is 0.150 e. The molecule has 0 spiro atoms. The summed E-state index contributed by atoms with van der Waals surface area (Å²) in [6, 6.07) is 2.71. The number of benzene rings is 1. The van der Waals surface area contributed by atoms with Crippen molar-refractivity contribution in [3.05, 3.63) is 48.1 Å². The number of nitrogens with zero attached hydrogens (tertiary/aromatic N) is 2. The summed E-state index contributed by atoms with van der Waals surface area (Å²) in [6.07, 6.45) is 4.37. The van der Waals surface area contributed by atoms with Gasteiger partial charge >= 0.3 is 0 Å². The zero-order valence-corrected chi connectivity index (χ0v) is 11.0. The number of imidazole rings is 1. The molecule has 0 aliphatic heterocycles. The summed E-state index contributed by atoms with van der Waals surface area (Å²) in [6.45, 7) is 5.43. The standard InChI is InChI=1S/C14H17F2N3/c1-10(2)7-18-8-11-5-12(15)14(13(16)6-11)19-4-3-17-9-19/h3-6,9-10,18H,7-8H2,1-2H3. The molecule has 1 N–H and O–H groups in total. The SMILES string of the molecule is CC(C)CNCc1cc(F)c(-n2ccnc2)c(F)c1. The number of halogens is 2. The average molecular weight is 265 g/mol. The van der Waals surface area contributed by atoms with Gasteiger partial charge in [-0.05, 0) is 30.2 Å². The van der Waals surface area contributed by atoms with Crippen molar-refractivity contribution in [2.75, 3.05) is 6.54 Å². The summed E-state index contributed by atoms with van der Waals surface area (Å²) in [5.41, 5.74) is 0.504. The Hall–Kier alpha value is -1.75. The number of aromatic nitrogens is 2. The minimum Gasteiger partial charge on any atom is -0.312 e. The molecule has 0 saturated heterocycles. The number of nitrogens with one attached hydrogen (secondary N) is 1. The van der Waals surface area contributed by atoms with Crippen molar-refractivity contribution in [3.8, 4) is 5.69 Å². The van der Waals surface area contributed by atoms with Crippen LogP contribution in [0.2, 0.25) is 0 Å². The van der Waals surface area contributed by atoms with E-state index < -0.39 is 11.6 Å². The predicted molar refractivity (Wildman–Crippen MR) is 70.0 cm³/mol. The number of rotatable bonds is 5. The van der Waals surface area contributed by atoms with E-state index in [2.05, 4.69) is 24.1 Å². The predicted octanol–water partition coefficient (Wildman–Crippen LogP) is 2.90. The van der Waals surface area contributed by atoms with E-state index in [1.807, 2.05) is 0 Å². The van der Waals surface area contributed by atoms with E-state index in [4.69, 9.17) is 0 Å². The molecule has 102 valence electrons. The highest BCUT2D eigenvalue weighted by molar-refractivity contribution is 5.38. The monoisotopic (exact) mass is 265 g/mol. The molecular formula is C14H17F2N3. The van der Waals surface area contributed by atoms with Crippen molar-refractivity contribution in [2.24, 2.45) is 5.92 Å². The molecule has 0 radical (unpaired) electrons. The first-order valence-electron chi connectivity index (χ1n) is 6.25. The van der Waals surface area contributed by atoms with Crippen LogP contribution >= 0.6 is 0 Å². The van der Waals surface area contributed by atoms with E-state index in [9.17, 15) is 8.78 Å². The van der Waals surface area contributed by atoms with Crippen LogP contribution in [0, 0.1) is 17.6 Å². The second kappa shape index (κ2) is 5.93. The van der Waals surface area contributed by atoms with Crippen molar-refractivity contribution in [2.45, 2.75) is 20.4 Å². The summed E-state index contributed by atoms with van der Waals surface area (Å²) in [4.78, 5) is 3.79. The molecule has 5 heteroatoms. The van der Waals surface area contributed by atoms with Crippen molar-refractivity contribution < 1.29 is 8.78 Å². The van der Waals surface area contributed by atoms with Gasteiger partial charge in [0.2, 0.25) is 0 Å². The average Bonchev–Trinajstić information content (AvgIpc) is 2.81. The Bertz CT molecular complexity index is 513. The molecule has 19 heavy (non-hydrogen) atoms. The highest BCUT2D eigenvalue weighted by Gasteiger charge is 2.12. The Kier molecular flexibility index (Phi) is 4.27. The molecule has 0 aliphatic carbocycles. The third-order valence-electron chi connectivity index (χ3n) is 2.72. The largest absolute Gasteiger partial charge is 0.312 e. The lowest BCUT2D eigenvalue weighted by Gasteiger charge is -2.10. The molecule has 0 atom stereocenters. The van der Waals surface area contributed by atoms with E-state index in [0.29, 0.717) is 18.0 Å². The third-order valence-corrected chi connectivity index (χ3v) is 2.72. The molecule has 1 aromatic carbocycles. The van der Waals surface area contributed by atoms with Crippen LogP contribution in [0.1, 0.15) is 19.4 Å². The second-order valence-electron chi connectivity index (χ2n) is 4.90. The van der Waals surface area contributed by atoms with Gasteiger partial charge in [0.25, 0.3) is 0 Å². The maximum atomic E-state index is 13.9. The van der Waals surface area contributed by atoms with Gasteiger partial charge in [0.05, 0.1) is 6.33 Å². The Morgan fingerprint density at radius 3 is 2.47 bits per heavy atom. The minimum absolute atomic E-state index is 0.0925. The summed E-state index contributed by atoms with van der Waals surface area (Å²) < 4.78 is 29.2. The van der Waals surface area contributed by atoms with Crippen LogP contribution in [0.4, 0.5) is 8.78 Å². The summed E-state index contributed by atoms with van der Waals surface area (Å²) >= 11 is 0. The van der Waals surface area contributed by atoms with E-state index in [0.717, 1.165) is 6.54 Å². The zero-order chi connectivity index (χ0) is 13.8. The molecule has 1 aromatic heterocycles. The Balaban J connectivity index is 2.18. The summed E-state index contributed by atoms with van der Waals surface area (Å²) in [5.74, 6) is -0.668. The third kappa shape index (κ3) is 3.38. The van der Waals surface area contributed by atoms with Crippen molar-refractivity contribution in [1.29, 1.82) is 0 Å². The van der Waals surface area contributed by atoms with E-state index in [1.54, 1.807) is 0 Å². The van der Waals surface area contributed by atoms with E-state index in [-0.39, 0.29) is 5.69 Å². The van der Waals surface area contributed by atoms with Crippen molar-refractivity contribution in [3.63, 3.8) is 0 Å². The first-order chi connectivity index (χ1) is 9.08. The van der Waals surface area contributed by atoms with Crippen LogP contribution in [0.5, 0.6) is 0 Å². The van der Waals surface area contributed by atoms with Crippen LogP contribution in [-0.4, -0.2) is 16.1 Å². The minimum atomic E-state index is -0.584. The molecule has 1 heterocycles. The van der Waals surface area contributed by atoms with Gasteiger partial charge < -0.3 is 9.88 Å². The Labute approximate surface area is 111 Å². The quantitative estimate of drug-likeness (QED) is 0.901. The Morgan fingerprint density at radius 2 is 1.95 bits per heavy atom. The second-order valence-corrected chi connectivity index (χ2v) is 4.90. The fourth-order valence-electron chi connectivity index (χ4n) is 1.86. The molecule has 0 fully saturated rings. The van der Waals surface area contributed by atoms with Gasteiger partial charge in [0.15, 0.2) is 11.6 Å². The van der Waals surface area contributed by atoms with E-state index in [1.165, 1.54) is 35.4 Å².